The fraction of sp³-hybridized carbons (Fsp3) is 0.550. The van der Waals surface area contributed by atoms with Crippen LogP contribution in [0.1, 0.15) is 42.0 Å². The molecule has 0 aliphatic carbocycles. The number of carbonyl (C=O) groups is 1. The molecule has 3 heterocycles. The minimum atomic E-state index is -0.0500. The smallest absolute Gasteiger partial charge is 0.289 e. The number of nitrogens with zero attached hydrogens (tertiary/aromatic N) is 4. The highest BCUT2D eigenvalue weighted by molar-refractivity contribution is 14.0. The van der Waals surface area contributed by atoms with Crippen molar-refractivity contribution in [3.63, 3.8) is 0 Å². The minimum Gasteiger partial charge on any atom is -0.459 e. The van der Waals surface area contributed by atoms with Gasteiger partial charge < -0.3 is 19.5 Å². The maximum atomic E-state index is 12.4. The molecule has 0 radical (unpaired) electrons. The number of aromatic nitrogens is 1. The third-order valence-electron chi connectivity index (χ3n) is 4.75. The van der Waals surface area contributed by atoms with E-state index in [-0.39, 0.29) is 35.3 Å². The van der Waals surface area contributed by atoms with E-state index in [1.54, 1.807) is 30.5 Å². The van der Waals surface area contributed by atoms with Gasteiger partial charge in [0.25, 0.3) is 5.91 Å². The van der Waals surface area contributed by atoms with Crippen LogP contribution in [0.3, 0.4) is 0 Å². The predicted molar refractivity (Wildman–Crippen MR) is 127 cm³/mol. The number of hydrogen-bond acceptors (Lipinski definition) is 5. The monoisotopic (exact) mass is 531 g/mol. The molecule has 7 nitrogen and oxygen atoms in total. The van der Waals surface area contributed by atoms with E-state index in [4.69, 9.17) is 9.40 Å². The van der Waals surface area contributed by atoms with Crippen LogP contribution >= 0.6 is 35.3 Å². The fourth-order valence-electron chi connectivity index (χ4n) is 3.06. The number of piperazine rings is 1. The molecule has 29 heavy (non-hydrogen) atoms. The van der Waals surface area contributed by atoms with Crippen molar-refractivity contribution in [3.05, 3.63) is 40.2 Å². The molecule has 3 rings (SSSR count). The van der Waals surface area contributed by atoms with Crippen molar-refractivity contribution in [2.45, 2.75) is 32.6 Å². The highest BCUT2D eigenvalue weighted by Crippen LogP contribution is 2.23. The van der Waals surface area contributed by atoms with Crippen molar-refractivity contribution >= 4 is 47.2 Å². The van der Waals surface area contributed by atoms with Crippen molar-refractivity contribution in [3.8, 4) is 0 Å². The molecule has 1 aliphatic heterocycles. The summed E-state index contributed by atoms with van der Waals surface area (Å²) < 4.78 is 5.22. The molecular weight excluding hydrogens is 501 g/mol. The first-order valence-corrected chi connectivity index (χ1v) is 10.5. The minimum absolute atomic E-state index is 0. The van der Waals surface area contributed by atoms with Gasteiger partial charge in [0.2, 0.25) is 0 Å². The van der Waals surface area contributed by atoms with Crippen LogP contribution < -0.4 is 5.32 Å². The van der Waals surface area contributed by atoms with Crippen LogP contribution in [-0.4, -0.2) is 66.4 Å². The molecule has 0 saturated carbocycles. The molecule has 1 aliphatic rings. The van der Waals surface area contributed by atoms with Crippen LogP contribution in [0.15, 0.2) is 33.2 Å². The Morgan fingerprint density at radius 2 is 1.97 bits per heavy atom. The summed E-state index contributed by atoms with van der Waals surface area (Å²) in [6.07, 6.45) is 2.40. The standard InChI is InChI=1S/C20H29N5O2S.HI/c1-20(2,3)16-14-28-17(23-16)7-8-22-19(21-4)25-11-9-24(10-12-25)18(26)15-6-5-13-27-15;/h5-6,13-14H,7-12H2,1-4H3,(H,21,22);1H. The van der Waals surface area contributed by atoms with Gasteiger partial charge in [0.15, 0.2) is 11.7 Å². The summed E-state index contributed by atoms with van der Waals surface area (Å²) in [5.41, 5.74) is 1.24. The van der Waals surface area contributed by atoms with E-state index >= 15 is 0 Å². The highest BCUT2D eigenvalue weighted by Gasteiger charge is 2.25. The molecule has 0 unspecified atom stereocenters. The Bertz CT molecular complexity index is 805. The zero-order valence-electron chi connectivity index (χ0n) is 17.5. The first-order chi connectivity index (χ1) is 13.4. The van der Waals surface area contributed by atoms with Crippen LogP contribution in [0.2, 0.25) is 0 Å². The number of furan rings is 1. The molecule has 1 saturated heterocycles. The molecule has 0 aromatic carbocycles. The number of nitrogens with one attached hydrogen (secondary N) is 1. The van der Waals surface area contributed by atoms with Gasteiger partial charge in [-0.3, -0.25) is 9.79 Å². The van der Waals surface area contributed by atoms with Gasteiger partial charge in [-0.05, 0) is 12.1 Å². The van der Waals surface area contributed by atoms with Crippen LogP contribution in [0, 0.1) is 0 Å². The summed E-state index contributed by atoms with van der Waals surface area (Å²) in [5, 5.41) is 6.72. The van der Waals surface area contributed by atoms with Gasteiger partial charge in [-0.2, -0.15) is 0 Å². The SMILES string of the molecule is CN=C(NCCc1nc(C(C)(C)C)cs1)N1CCN(C(=O)c2ccco2)CC1.I. The molecule has 160 valence electrons. The van der Waals surface area contributed by atoms with Crippen LogP contribution in [0.5, 0.6) is 0 Å². The van der Waals surface area contributed by atoms with Crippen LogP contribution in [0.4, 0.5) is 0 Å². The van der Waals surface area contributed by atoms with Gasteiger partial charge in [-0.15, -0.1) is 35.3 Å². The zero-order chi connectivity index (χ0) is 20.1. The van der Waals surface area contributed by atoms with E-state index < -0.39 is 0 Å². The molecule has 1 N–H and O–H groups in total. The summed E-state index contributed by atoms with van der Waals surface area (Å²) in [5.74, 6) is 1.22. The Morgan fingerprint density at radius 3 is 2.52 bits per heavy atom. The molecule has 1 fully saturated rings. The first kappa shape index (κ1) is 23.7. The second-order valence-corrected chi connectivity index (χ2v) is 8.80. The summed E-state index contributed by atoms with van der Waals surface area (Å²) in [6.45, 7) is 10.1. The predicted octanol–water partition coefficient (Wildman–Crippen LogP) is 3.23. The van der Waals surface area contributed by atoms with Gasteiger partial charge in [-0.25, -0.2) is 4.98 Å². The van der Waals surface area contributed by atoms with Gasteiger partial charge in [0, 0.05) is 57.0 Å². The largest absolute Gasteiger partial charge is 0.459 e. The second kappa shape index (κ2) is 10.4. The molecule has 1 amide bonds. The van der Waals surface area contributed by atoms with E-state index in [9.17, 15) is 4.79 Å². The van der Waals surface area contributed by atoms with Gasteiger partial charge in [-0.1, -0.05) is 20.8 Å². The normalized spacial score (nSPS) is 15.2. The number of hydrogen-bond donors (Lipinski definition) is 1. The Kier molecular flexibility index (Phi) is 8.50. The number of aliphatic imine (C=N–C) groups is 1. The third kappa shape index (κ3) is 6.18. The average molecular weight is 531 g/mol. The third-order valence-corrected chi connectivity index (χ3v) is 5.66. The van der Waals surface area contributed by atoms with Crippen molar-refractivity contribution in [1.29, 1.82) is 0 Å². The maximum Gasteiger partial charge on any atom is 0.289 e. The Hall–Kier alpha value is -1.62. The topological polar surface area (TPSA) is 74.0 Å². The lowest BCUT2D eigenvalue weighted by atomic mass is 9.93. The highest BCUT2D eigenvalue weighted by atomic mass is 127. The quantitative estimate of drug-likeness (QED) is 0.373. The maximum absolute atomic E-state index is 12.4. The Morgan fingerprint density at radius 1 is 1.28 bits per heavy atom. The fourth-order valence-corrected chi connectivity index (χ4v) is 4.09. The summed E-state index contributed by atoms with van der Waals surface area (Å²) in [7, 11) is 1.80. The van der Waals surface area contributed by atoms with Crippen molar-refractivity contribution < 1.29 is 9.21 Å². The lowest BCUT2D eigenvalue weighted by Gasteiger charge is -2.36. The molecule has 2 aromatic rings. The van der Waals surface area contributed by atoms with E-state index in [0.29, 0.717) is 18.8 Å². The molecule has 9 heteroatoms. The molecule has 0 bridgehead atoms. The Labute approximate surface area is 193 Å². The van der Waals surface area contributed by atoms with Crippen LogP contribution in [0.25, 0.3) is 0 Å². The van der Waals surface area contributed by atoms with Crippen molar-refractivity contribution in [1.82, 2.24) is 20.1 Å². The van der Waals surface area contributed by atoms with Crippen molar-refractivity contribution in [2.24, 2.45) is 4.99 Å². The summed E-state index contributed by atoms with van der Waals surface area (Å²) in [6, 6.07) is 3.45. The van der Waals surface area contributed by atoms with Gasteiger partial charge in [0.1, 0.15) is 0 Å². The lowest BCUT2D eigenvalue weighted by Crippen LogP contribution is -2.54. The first-order valence-electron chi connectivity index (χ1n) is 9.62. The van der Waals surface area contributed by atoms with Crippen molar-refractivity contribution in [2.75, 3.05) is 39.8 Å². The number of carbonyl (C=O) groups excluding carboxylic acids is 1. The van der Waals surface area contributed by atoms with E-state index in [2.05, 4.69) is 41.4 Å². The zero-order valence-corrected chi connectivity index (χ0v) is 20.6. The number of rotatable bonds is 4. The van der Waals surface area contributed by atoms with Crippen LogP contribution in [-0.2, 0) is 11.8 Å². The number of guanidine groups is 1. The molecule has 0 spiro atoms. The molecule has 0 atom stereocenters. The van der Waals surface area contributed by atoms with E-state index in [0.717, 1.165) is 42.7 Å². The van der Waals surface area contributed by atoms with Gasteiger partial charge in [0.05, 0.1) is 17.0 Å². The summed E-state index contributed by atoms with van der Waals surface area (Å²) in [4.78, 5) is 25.5. The van der Waals surface area contributed by atoms with Gasteiger partial charge >= 0.3 is 0 Å². The van der Waals surface area contributed by atoms with E-state index in [1.165, 1.54) is 6.26 Å². The van der Waals surface area contributed by atoms with E-state index in [1.807, 2.05) is 4.90 Å². The number of amides is 1. The lowest BCUT2D eigenvalue weighted by molar-refractivity contribution is 0.0658. The summed E-state index contributed by atoms with van der Waals surface area (Å²) >= 11 is 1.72. The second-order valence-electron chi connectivity index (χ2n) is 7.86. The average Bonchev–Trinajstić information content (AvgIpc) is 3.36. The number of halogens is 1. The Balaban J connectivity index is 0.00000300. The molecule has 2 aromatic heterocycles. The molecular formula is C20H30IN5O2S. The number of thiazole rings is 1.